The minimum atomic E-state index is -2.48. The summed E-state index contributed by atoms with van der Waals surface area (Å²) in [7, 11) is 9.72. The van der Waals surface area contributed by atoms with E-state index in [1.165, 1.54) is 92.4 Å². The summed E-state index contributed by atoms with van der Waals surface area (Å²) in [5, 5.41) is 0. The van der Waals surface area contributed by atoms with Gasteiger partial charge in [-0.3, -0.25) is 0 Å². The first-order valence-electron chi connectivity index (χ1n) is 35.5. The fourth-order valence-corrected chi connectivity index (χ4v) is 10.5. The maximum Gasteiger partial charge on any atom is 0.212 e. The van der Waals surface area contributed by atoms with Gasteiger partial charge in [0.2, 0.25) is 28.5 Å². The number of hydrogen-bond acceptors (Lipinski definition) is 0. The van der Waals surface area contributed by atoms with Gasteiger partial charge in [-0.2, -0.15) is 0 Å². The molecule has 10 rings (SSSR count). The van der Waals surface area contributed by atoms with Crippen molar-refractivity contribution >= 4 is 0 Å². The van der Waals surface area contributed by atoms with Crippen molar-refractivity contribution in [2.45, 2.75) is 129 Å². The quantitative estimate of drug-likeness (QED) is 0.128. The number of pyridine rings is 5. The third kappa shape index (κ3) is 16.3. The van der Waals surface area contributed by atoms with Gasteiger partial charge in [-0.1, -0.05) is 119 Å². The van der Waals surface area contributed by atoms with E-state index in [2.05, 4.69) is 163 Å². The summed E-state index contributed by atoms with van der Waals surface area (Å²) in [5.74, 6) is 0. The van der Waals surface area contributed by atoms with Crippen molar-refractivity contribution < 1.29 is 40.7 Å². The predicted molar refractivity (Wildman–Crippen MR) is 355 cm³/mol. The van der Waals surface area contributed by atoms with Crippen LogP contribution >= 0.6 is 0 Å². The van der Waals surface area contributed by atoms with Crippen LogP contribution in [0.15, 0.2) is 183 Å². The Kier molecular flexibility index (Phi) is 17.5. The normalized spacial score (nSPS) is 13.7. The lowest BCUT2D eigenvalue weighted by Crippen LogP contribution is -2.32. The van der Waals surface area contributed by atoms with Crippen LogP contribution in [0.5, 0.6) is 0 Å². The molecule has 5 nitrogen and oxygen atoms in total. The third-order valence-electron chi connectivity index (χ3n) is 15.6. The molecule has 0 atom stereocenters. The van der Waals surface area contributed by atoms with E-state index in [1.54, 1.807) is 36.2 Å². The van der Waals surface area contributed by atoms with E-state index >= 15 is 0 Å². The Morgan fingerprint density at radius 1 is 0.274 bits per heavy atom. The van der Waals surface area contributed by atoms with Gasteiger partial charge in [0.1, 0.15) is 35.2 Å². The minimum absolute atomic E-state index is 0.0554. The fraction of sp³-hybridized carbons (Fsp3) is 0.304. The molecule has 5 aromatic heterocycles. The predicted octanol–water partition coefficient (Wildman–Crippen LogP) is 16.5. The van der Waals surface area contributed by atoms with Crippen LogP contribution in [-0.4, -0.2) is 0 Å². The average Bonchev–Trinajstić information content (AvgIpc) is 0.777. The van der Waals surface area contributed by atoms with Crippen molar-refractivity contribution in [1.82, 2.24) is 0 Å². The van der Waals surface area contributed by atoms with Gasteiger partial charge in [-0.25, -0.2) is 22.8 Å². The molecule has 5 heteroatoms. The van der Waals surface area contributed by atoms with Gasteiger partial charge in [0.25, 0.3) is 0 Å². The smallest absolute Gasteiger partial charge is 0.201 e. The van der Waals surface area contributed by atoms with Crippen LogP contribution in [0.1, 0.15) is 129 Å². The first kappa shape index (κ1) is 48.2. The molecule has 5 heterocycles. The summed E-state index contributed by atoms with van der Waals surface area (Å²) < 4.78 is 110. The Morgan fingerprint density at radius 2 is 0.548 bits per heavy atom. The van der Waals surface area contributed by atoms with Gasteiger partial charge in [-0.15, -0.1) is 0 Å². The first-order valence-corrected chi connectivity index (χ1v) is 29.0. The summed E-state index contributed by atoms with van der Waals surface area (Å²) in [5.41, 5.74) is 24.1. The second-order valence-corrected chi connectivity index (χ2v) is 21.8. The number of benzene rings is 5. The molecule has 0 bridgehead atoms. The molecule has 0 unspecified atom stereocenters. The Hall–Kier alpha value is -8.15. The van der Waals surface area contributed by atoms with Crippen molar-refractivity contribution in [2.75, 3.05) is 0 Å². The average molecular weight is 1130 g/mol. The second-order valence-electron chi connectivity index (χ2n) is 21.8. The van der Waals surface area contributed by atoms with E-state index in [0.717, 1.165) is 57.6 Å². The van der Waals surface area contributed by atoms with Crippen molar-refractivity contribution in [2.24, 2.45) is 35.2 Å². The number of aromatic nitrogens is 5. The van der Waals surface area contributed by atoms with Crippen LogP contribution in [-0.2, 0) is 60.8 Å². The van der Waals surface area contributed by atoms with Crippen LogP contribution in [0.2, 0.25) is 0 Å². The molecule has 0 radical (unpaired) electrons. The molecule has 0 spiro atoms. The molecule has 84 heavy (non-hydrogen) atoms. The molecule has 0 aliphatic carbocycles. The molecule has 0 N–H and O–H groups in total. The van der Waals surface area contributed by atoms with Crippen LogP contribution < -0.4 is 22.8 Å². The lowest BCUT2D eigenvalue weighted by molar-refractivity contribution is -0.661. The number of rotatable bonds is 9. The highest BCUT2D eigenvalue weighted by molar-refractivity contribution is 5.65. The molecular formula is C79H98N5+5. The Morgan fingerprint density at radius 3 is 0.881 bits per heavy atom. The van der Waals surface area contributed by atoms with Crippen molar-refractivity contribution in [3.05, 3.63) is 266 Å². The van der Waals surface area contributed by atoms with Crippen molar-refractivity contribution in [3.63, 3.8) is 0 Å². The summed E-state index contributed by atoms with van der Waals surface area (Å²) in [6.45, 7) is 16.8. The standard InChI is InChI=1S/4C16H20N.C15H18N/c2*1-5-14-10-16(17(4)11-13(14)3)15-9-7-6-8-12(15)2;2*1-5-14-11-17(4)16(10-13(14)3)15-9-7-6-8-12(15)2;1-11-7-5-6-8-14(11)15-9-12(2)13(3)10-16(15)4/h4*6-11H,5H2,1-4H3;5-10H,1-4H3/q5*+1/i3D3,5D2;;5D2;;2D3,3D3. The molecule has 5 aromatic carbocycles. The van der Waals surface area contributed by atoms with Gasteiger partial charge in [0.15, 0.2) is 31.0 Å². The molecule has 0 amide bonds. The van der Waals surface area contributed by atoms with E-state index in [1.807, 2.05) is 99.2 Å². The molecule has 0 saturated heterocycles. The summed E-state index contributed by atoms with van der Waals surface area (Å²) in [4.78, 5) is 0. The zero-order chi connectivity index (χ0) is 72.4. The maximum atomic E-state index is 7.98. The Labute approximate surface area is 525 Å². The largest absolute Gasteiger partial charge is 0.212 e. The zero-order valence-corrected chi connectivity index (χ0v) is 53.0. The van der Waals surface area contributed by atoms with E-state index in [-0.39, 0.29) is 22.3 Å². The zero-order valence-electron chi connectivity index (χ0n) is 66.0. The van der Waals surface area contributed by atoms with Gasteiger partial charge in [0.05, 0.1) is 0 Å². The number of aryl methyl sites for hydroxylation is 20. The highest BCUT2D eigenvalue weighted by Gasteiger charge is 2.19. The number of hydrogen-bond donors (Lipinski definition) is 0. The second kappa shape index (κ2) is 30.4. The molecule has 434 valence electrons. The monoisotopic (exact) mass is 1130 g/mol. The van der Waals surface area contributed by atoms with Crippen LogP contribution in [0.4, 0.5) is 0 Å². The SMILES string of the molecule is CCc1c[n+](C)c(-c2ccccc2C)cc1C.CCc1cc(-c2ccccc2C)[n+](C)cc1C.[2H]C([2H])(C)c1c[n+](C)c(-c2ccccc2C)cc1C.[2H]C([2H])([2H])c1c[n+](C)c(-c2ccccc2C)cc1C([2H])([2H])C.[2H]C([2H])([2H])c1cc(-c2ccccc2C)[n+](C)cc1C([2H])([2H])[2H]. The van der Waals surface area contributed by atoms with Crippen LogP contribution in [0, 0.1) is 75.9 Å². The van der Waals surface area contributed by atoms with Crippen LogP contribution in [0.25, 0.3) is 56.3 Å². The number of nitrogens with zero attached hydrogens (tertiary/aromatic N) is 5. The van der Waals surface area contributed by atoms with Crippen molar-refractivity contribution in [3.8, 4) is 56.3 Å². The lowest BCUT2D eigenvalue weighted by Gasteiger charge is -2.07. The fourth-order valence-electron chi connectivity index (χ4n) is 10.5. The van der Waals surface area contributed by atoms with E-state index in [0.29, 0.717) is 5.69 Å². The third-order valence-corrected chi connectivity index (χ3v) is 15.6. The van der Waals surface area contributed by atoms with E-state index < -0.39 is 33.3 Å². The topological polar surface area (TPSA) is 19.4 Å². The Bertz CT molecular complexity index is 4280. The van der Waals surface area contributed by atoms with E-state index in [9.17, 15) is 0 Å². The van der Waals surface area contributed by atoms with Gasteiger partial charge in [-0.05, 0) is 187 Å². The summed E-state index contributed by atoms with van der Waals surface area (Å²) >= 11 is 0. The molecule has 0 aliphatic rings. The highest BCUT2D eigenvalue weighted by atomic mass is 14.9. The Balaban J connectivity index is 0.000000192. The lowest BCUT2D eigenvalue weighted by atomic mass is 10.0. The van der Waals surface area contributed by atoms with Gasteiger partial charge < -0.3 is 0 Å². The maximum absolute atomic E-state index is 7.98. The van der Waals surface area contributed by atoms with Crippen molar-refractivity contribution in [1.29, 1.82) is 0 Å². The van der Waals surface area contributed by atoms with Gasteiger partial charge >= 0.3 is 0 Å². The molecule has 0 aliphatic heterocycles. The van der Waals surface area contributed by atoms with E-state index in [4.69, 9.17) is 17.8 Å². The summed E-state index contributed by atoms with van der Waals surface area (Å²) in [6, 6.07) is 50.6. The molecular weight excluding hydrogens is 1020 g/mol. The highest BCUT2D eigenvalue weighted by Crippen LogP contribution is 2.27. The minimum Gasteiger partial charge on any atom is -0.201 e. The molecule has 10 aromatic rings. The summed E-state index contributed by atoms with van der Waals surface area (Å²) in [6.07, 6.45) is 8.43. The van der Waals surface area contributed by atoms with Crippen LogP contribution in [0.3, 0.4) is 0 Å². The molecule has 0 saturated carbocycles. The van der Waals surface area contributed by atoms with Gasteiger partial charge in [0, 0.05) is 104 Å². The first-order chi connectivity index (χ1) is 45.1. The molecule has 0 fully saturated rings.